The van der Waals surface area contributed by atoms with Gasteiger partial charge in [0, 0.05) is 29.6 Å². The molecule has 1 atom stereocenters. The third kappa shape index (κ3) is 3.48. The SMILES string of the molecule is COc1ccc(OC)c2c1CN(Cc1noc(C(C)(C)C)n1)CC2O. The van der Waals surface area contributed by atoms with Gasteiger partial charge in [-0.05, 0) is 12.1 Å². The number of nitrogens with zero attached hydrogens (tertiary/aromatic N) is 3. The summed E-state index contributed by atoms with van der Waals surface area (Å²) in [6.07, 6.45) is -0.664. The molecule has 0 amide bonds. The Kier molecular flexibility index (Phi) is 4.71. The third-order valence-corrected chi connectivity index (χ3v) is 4.33. The van der Waals surface area contributed by atoms with Crippen molar-refractivity contribution in [2.24, 2.45) is 0 Å². The van der Waals surface area contributed by atoms with Gasteiger partial charge in [0.05, 0.1) is 26.9 Å². The van der Waals surface area contributed by atoms with Crippen LogP contribution in [0.4, 0.5) is 0 Å². The van der Waals surface area contributed by atoms with Gasteiger partial charge in [-0.3, -0.25) is 4.90 Å². The Morgan fingerprint density at radius 2 is 1.92 bits per heavy atom. The molecule has 0 fully saturated rings. The van der Waals surface area contributed by atoms with Crippen LogP contribution in [0.15, 0.2) is 16.7 Å². The summed E-state index contributed by atoms with van der Waals surface area (Å²) in [6.45, 7) is 7.67. The molecule has 0 spiro atoms. The molecule has 0 bridgehead atoms. The summed E-state index contributed by atoms with van der Waals surface area (Å²) in [5, 5.41) is 14.7. The second-order valence-electron chi connectivity index (χ2n) is 7.31. The first kappa shape index (κ1) is 17.7. The minimum Gasteiger partial charge on any atom is -0.496 e. The standard InChI is InChI=1S/C18H25N3O4/c1-18(2,3)17-19-15(20-25-17)10-21-8-11-13(23-4)6-7-14(24-5)16(11)12(22)9-21/h6-7,12,22H,8-10H2,1-5H3. The molecule has 0 radical (unpaired) electrons. The summed E-state index contributed by atoms with van der Waals surface area (Å²) >= 11 is 0. The van der Waals surface area contributed by atoms with Crippen LogP contribution in [-0.2, 0) is 18.5 Å². The fourth-order valence-corrected chi connectivity index (χ4v) is 3.09. The molecule has 25 heavy (non-hydrogen) atoms. The molecule has 1 aromatic carbocycles. The molecule has 0 saturated heterocycles. The van der Waals surface area contributed by atoms with Crippen LogP contribution in [-0.4, -0.2) is 40.9 Å². The van der Waals surface area contributed by atoms with Crippen molar-refractivity contribution in [2.75, 3.05) is 20.8 Å². The Morgan fingerprint density at radius 1 is 1.24 bits per heavy atom. The zero-order valence-corrected chi connectivity index (χ0v) is 15.4. The monoisotopic (exact) mass is 347 g/mol. The molecule has 1 aromatic heterocycles. The Bertz CT molecular complexity index is 751. The maximum Gasteiger partial charge on any atom is 0.232 e. The van der Waals surface area contributed by atoms with E-state index in [1.165, 1.54) is 0 Å². The molecule has 0 saturated carbocycles. The summed E-state index contributed by atoms with van der Waals surface area (Å²) in [7, 11) is 3.23. The molecule has 2 aromatic rings. The lowest BCUT2D eigenvalue weighted by molar-refractivity contribution is 0.0823. The number of rotatable bonds is 4. The molecule has 1 aliphatic rings. The average Bonchev–Trinajstić information content (AvgIpc) is 3.02. The molecule has 136 valence electrons. The van der Waals surface area contributed by atoms with E-state index < -0.39 is 6.10 Å². The lowest BCUT2D eigenvalue weighted by Crippen LogP contribution is -2.34. The van der Waals surface area contributed by atoms with Crippen LogP contribution in [0.1, 0.15) is 49.7 Å². The van der Waals surface area contributed by atoms with Gasteiger partial charge in [0.25, 0.3) is 0 Å². The fraction of sp³-hybridized carbons (Fsp3) is 0.556. The van der Waals surface area contributed by atoms with Gasteiger partial charge in [0.2, 0.25) is 5.89 Å². The van der Waals surface area contributed by atoms with Crippen LogP contribution >= 0.6 is 0 Å². The first-order valence-corrected chi connectivity index (χ1v) is 8.30. The van der Waals surface area contributed by atoms with Crippen molar-refractivity contribution >= 4 is 0 Å². The van der Waals surface area contributed by atoms with E-state index in [4.69, 9.17) is 14.0 Å². The zero-order chi connectivity index (χ0) is 18.2. The second-order valence-corrected chi connectivity index (χ2v) is 7.31. The summed E-state index contributed by atoms with van der Waals surface area (Å²) < 4.78 is 16.2. The van der Waals surface area contributed by atoms with E-state index in [1.807, 2.05) is 32.9 Å². The molecule has 1 N–H and O–H groups in total. The zero-order valence-electron chi connectivity index (χ0n) is 15.4. The largest absolute Gasteiger partial charge is 0.496 e. The van der Waals surface area contributed by atoms with E-state index in [2.05, 4.69) is 15.0 Å². The highest BCUT2D eigenvalue weighted by Crippen LogP contribution is 2.39. The molecule has 3 rings (SSSR count). The first-order chi connectivity index (χ1) is 11.8. The van der Waals surface area contributed by atoms with Crippen LogP contribution in [0.2, 0.25) is 0 Å². The lowest BCUT2D eigenvalue weighted by atomic mass is 9.95. The van der Waals surface area contributed by atoms with Crippen molar-refractivity contribution in [3.05, 3.63) is 35.0 Å². The van der Waals surface area contributed by atoms with Crippen molar-refractivity contribution in [1.29, 1.82) is 0 Å². The number of aromatic nitrogens is 2. The Balaban J connectivity index is 1.85. The number of β-amino-alcohol motifs (C(OH)–C–C–N with tert-alkyl or cyclic N) is 1. The third-order valence-electron chi connectivity index (χ3n) is 4.33. The van der Waals surface area contributed by atoms with Gasteiger partial charge >= 0.3 is 0 Å². The molecule has 2 heterocycles. The van der Waals surface area contributed by atoms with Gasteiger partial charge in [-0.25, -0.2) is 0 Å². The highest BCUT2D eigenvalue weighted by Gasteiger charge is 2.31. The Labute approximate surface area is 147 Å². The van der Waals surface area contributed by atoms with E-state index in [0.29, 0.717) is 37.1 Å². The van der Waals surface area contributed by atoms with Crippen LogP contribution in [0.25, 0.3) is 0 Å². The van der Waals surface area contributed by atoms with Crippen molar-refractivity contribution in [3.8, 4) is 11.5 Å². The minimum absolute atomic E-state index is 0.185. The van der Waals surface area contributed by atoms with E-state index in [0.717, 1.165) is 16.9 Å². The molecular weight excluding hydrogens is 322 g/mol. The number of aliphatic hydroxyl groups excluding tert-OH is 1. The van der Waals surface area contributed by atoms with Crippen LogP contribution in [0, 0.1) is 0 Å². The predicted octanol–water partition coefficient (Wildman–Crippen LogP) is 2.43. The number of hydrogen-bond acceptors (Lipinski definition) is 7. The maximum atomic E-state index is 10.6. The van der Waals surface area contributed by atoms with Crippen LogP contribution < -0.4 is 9.47 Å². The summed E-state index contributed by atoms with van der Waals surface area (Å²) in [6, 6.07) is 3.69. The number of methoxy groups -OCH3 is 2. The smallest absolute Gasteiger partial charge is 0.232 e. The minimum atomic E-state index is -0.664. The van der Waals surface area contributed by atoms with E-state index in [9.17, 15) is 5.11 Å². The Hall–Kier alpha value is -2.12. The van der Waals surface area contributed by atoms with Gasteiger partial charge in [0.15, 0.2) is 5.82 Å². The van der Waals surface area contributed by atoms with Crippen molar-refractivity contribution in [3.63, 3.8) is 0 Å². The topological polar surface area (TPSA) is 80.9 Å². The molecule has 1 aliphatic heterocycles. The quantitative estimate of drug-likeness (QED) is 0.909. The van der Waals surface area contributed by atoms with Gasteiger partial charge in [-0.1, -0.05) is 25.9 Å². The summed E-state index contributed by atoms with van der Waals surface area (Å²) in [5.74, 6) is 2.64. The number of benzene rings is 1. The number of ether oxygens (including phenoxy) is 2. The van der Waals surface area contributed by atoms with Crippen LogP contribution in [0.3, 0.4) is 0 Å². The molecule has 7 heteroatoms. The van der Waals surface area contributed by atoms with Crippen LogP contribution in [0.5, 0.6) is 11.5 Å². The maximum absolute atomic E-state index is 10.6. The predicted molar refractivity (Wildman–Crippen MR) is 91.6 cm³/mol. The molecule has 7 nitrogen and oxygen atoms in total. The fourth-order valence-electron chi connectivity index (χ4n) is 3.09. The summed E-state index contributed by atoms with van der Waals surface area (Å²) in [5.41, 5.74) is 1.54. The average molecular weight is 347 g/mol. The summed E-state index contributed by atoms with van der Waals surface area (Å²) in [4.78, 5) is 6.55. The second kappa shape index (κ2) is 6.65. The molecule has 0 aliphatic carbocycles. The Morgan fingerprint density at radius 3 is 2.52 bits per heavy atom. The van der Waals surface area contributed by atoms with E-state index >= 15 is 0 Å². The number of fused-ring (bicyclic) bond motifs is 1. The first-order valence-electron chi connectivity index (χ1n) is 8.30. The molecular formula is C18H25N3O4. The highest BCUT2D eigenvalue weighted by atomic mass is 16.5. The van der Waals surface area contributed by atoms with Gasteiger partial charge in [-0.15, -0.1) is 0 Å². The van der Waals surface area contributed by atoms with E-state index in [-0.39, 0.29) is 5.41 Å². The number of aliphatic hydroxyl groups is 1. The number of hydrogen-bond donors (Lipinski definition) is 1. The van der Waals surface area contributed by atoms with Gasteiger partial charge < -0.3 is 19.1 Å². The normalized spacial score (nSPS) is 18.1. The van der Waals surface area contributed by atoms with Crippen molar-refractivity contribution in [1.82, 2.24) is 15.0 Å². The molecule has 1 unspecified atom stereocenters. The van der Waals surface area contributed by atoms with Gasteiger partial charge in [0.1, 0.15) is 11.5 Å². The lowest BCUT2D eigenvalue weighted by Gasteiger charge is -2.33. The van der Waals surface area contributed by atoms with Crippen molar-refractivity contribution in [2.45, 2.75) is 45.4 Å². The van der Waals surface area contributed by atoms with E-state index in [1.54, 1.807) is 14.2 Å². The van der Waals surface area contributed by atoms with Gasteiger partial charge in [-0.2, -0.15) is 4.98 Å². The van der Waals surface area contributed by atoms with Crippen molar-refractivity contribution < 1.29 is 19.1 Å². The highest BCUT2D eigenvalue weighted by molar-refractivity contribution is 5.51.